The van der Waals surface area contributed by atoms with Crippen LogP contribution in [-0.4, -0.2) is 34.5 Å². The third-order valence-corrected chi connectivity index (χ3v) is 4.58. The Bertz CT molecular complexity index is 561. The number of benzene rings is 1. The van der Waals surface area contributed by atoms with Gasteiger partial charge in [0.1, 0.15) is 5.82 Å². The Balaban J connectivity index is 1.93. The van der Waals surface area contributed by atoms with Crippen LogP contribution >= 0.6 is 0 Å². The Morgan fingerprint density at radius 2 is 2.09 bits per heavy atom. The van der Waals surface area contributed by atoms with Crippen molar-refractivity contribution in [2.75, 3.05) is 6.54 Å². The number of aryl methyl sites for hydroxylation is 1. The predicted molar refractivity (Wildman–Crippen MR) is 80.8 cm³/mol. The van der Waals surface area contributed by atoms with Crippen LogP contribution in [0.5, 0.6) is 0 Å². The van der Waals surface area contributed by atoms with Crippen molar-refractivity contribution in [1.29, 1.82) is 0 Å². The molecule has 2 rings (SSSR count). The van der Waals surface area contributed by atoms with E-state index in [9.17, 15) is 14.0 Å². The summed E-state index contributed by atoms with van der Waals surface area (Å²) in [7, 11) is 0. The number of likely N-dealkylation sites (tertiary alicyclic amines) is 1. The summed E-state index contributed by atoms with van der Waals surface area (Å²) >= 11 is 0. The molecule has 4 nitrogen and oxygen atoms in total. The number of carbonyl (C=O) groups is 2. The van der Waals surface area contributed by atoms with E-state index < -0.39 is 11.9 Å². The number of carbonyl (C=O) groups excluding carboxylic acids is 1. The number of carboxylic acid groups (broad SMARTS) is 1. The first-order valence-corrected chi connectivity index (χ1v) is 7.68. The van der Waals surface area contributed by atoms with Crippen molar-refractivity contribution in [3.63, 3.8) is 0 Å². The molecule has 1 aromatic rings. The summed E-state index contributed by atoms with van der Waals surface area (Å²) in [6, 6.07) is 6.30. The van der Waals surface area contributed by atoms with Gasteiger partial charge in [-0.15, -0.1) is 0 Å². The van der Waals surface area contributed by atoms with Gasteiger partial charge in [-0.3, -0.25) is 9.59 Å². The standard InChI is InChI=1S/C17H22FNO3/c1-11(7-8-13-5-3-4-6-15(13)18)16(20)19-10-9-14(12(19)2)17(21)22/h3-6,11-12,14H,7-10H2,1-2H3,(H,21,22). The first-order valence-electron chi connectivity index (χ1n) is 7.68. The molecule has 1 aromatic carbocycles. The molecule has 0 aromatic heterocycles. The van der Waals surface area contributed by atoms with Crippen LogP contribution < -0.4 is 0 Å². The van der Waals surface area contributed by atoms with Crippen LogP contribution in [0, 0.1) is 17.7 Å². The van der Waals surface area contributed by atoms with Crippen molar-refractivity contribution in [2.45, 2.75) is 39.2 Å². The number of halogens is 1. The molecule has 120 valence electrons. The maximum atomic E-state index is 13.6. The molecule has 3 unspecified atom stereocenters. The minimum Gasteiger partial charge on any atom is -0.481 e. The highest BCUT2D eigenvalue weighted by Crippen LogP contribution is 2.27. The zero-order chi connectivity index (χ0) is 16.3. The van der Waals surface area contributed by atoms with Crippen LogP contribution in [0.1, 0.15) is 32.3 Å². The minimum atomic E-state index is -0.846. The van der Waals surface area contributed by atoms with Crippen LogP contribution in [0.25, 0.3) is 0 Å². The number of hydrogen-bond donors (Lipinski definition) is 1. The lowest BCUT2D eigenvalue weighted by Crippen LogP contribution is -2.40. The lowest BCUT2D eigenvalue weighted by atomic mass is 9.98. The summed E-state index contributed by atoms with van der Waals surface area (Å²) in [5, 5.41) is 9.12. The highest BCUT2D eigenvalue weighted by Gasteiger charge is 2.39. The lowest BCUT2D eigenvalue weighted by molar-refractivity contribution is -0.143. The second kappa shape index (κ2) is 6.90. The molecule has 1 heterocycles. The molecule has 1 fully saturated rings. The number of carboxylic acids is 1. The van der Waals surface area contributed by atoms with E-state index in [4.69, 9.17) is 5.11 Å². The third-order valence-electron chi connectivity index (χ3n) is 4.58. The fraction of sp³-hybridized carbons (Fsp3) is 0.529. The quantitative estimate of drug-likeness (QED) is 0.910. The van der Waals surface area contributed by atoms with Gasteiger partial charge >= 0.3 is 5.97 Å². The Kier molecular flexibility index (Phi) is 5.16. The first-order chi connectivity index (χ1) is 10.4. The van der Waals surface area contributed by atoms with Gasteiger partial charge in [-0.2, -0.15) is 0 Å². The predicted octanol–water partition coefficient (Wildman–Crippen LogP) is 2.72. The molecule has 1 aliphatic heterocycles. The van der Waals surface area contributed by atoms with Gasteiger partial charge in [0.15, 0.2) is 0 Å². The normalized spacial score (nSPS) is 22.6. The molecule has 1 aliphatic rings. The molecule has 0 aliphatic carbocycles. The van der Waals surface area contributed by atoms with Gasteiger partial charge in [-0.1, -0.05) is 25.1 Å². The topological polar surface area (TPSA) is 57.6 Å². The van der Waals surface area contributed by atoms with Crippen LogP contribution in [0.4, 0.5) is 4.39 Å². The zero-order valence-electron chi connectivity index (χ0n) is 13.0. The van der Waals surface area contributed by atoms with Gasteiger partial charge < -0.3 is 10.0 Å². The molecular weight excluding hydrogens is 285 g/mol. The maximum absolute atomic E-state index is 13.6. The van der Waals surface area contributed by atoms with E-state index >= 15 is 0 Å². The van der Waals surface area contributed by atoms with Gasteiger partial charge in [0.2, 0.25) is 5.91 Å². The van der Waals surface area contributed by atoms with Crippen molar-refractivity contribution >= 4 is 11.9 Å². The fourth-order valence-corrected chi connectivity index (χ4v) is 3.06. The fourth-order valence-electron chi connectivity index (χ4n) is 3.06. The highest BCUT2D eigenvalue weighted by molar-refractivity contribution is 5.81. The summed E-state index contributed by atoms with van der Waals surface area (Å²) in [6.07, 6.45) is 1.56. The number of rotatable bonds is 5. The van der Waals surface area contributed by atoms with Gasteiger partial charge in [-0.25, -0.2) is 4.39 Å². The van der Waals surface area contributed by atoms with Crippen molar-refractivity contribution in [1.82, 2.24) is 4.90 Å². The molecule has 0 spiro atoms. The molecular formula is C17H22FNO3. The first kappa shape index (κ1) is 16.5. The van der Waals surface area contributed by atoms with Crippen molar-refractivity contribution in [2.24, 2.45) is 11.8 Å². The summed E-state index contributed by atoms with van der Waals surface area (Å²) in [5.74, 6) is -1.85. The highest BCUT2D eigenvalue weighted by atomic mass is 19.1. The summed E-state index contributed by atoms with van der Waals surface area (Å²) in [5.41, 5.74) is 0.611. The van der Waals surface area contributed by atoms with Crippen LogP contribution in [-0.2, 0) is 16.0 Å². The average molecular weight is 307 g/mol. The smallest absolute Gasteiger partial charge is 0.308 e. The molecule has 1 N–H and O–H groups in total. The lowest BCUT2D eigenvalue weighted by Gasteiger charge is -2.26. The third kappa shape index (κ3) is 3.46. The van der Waals surface area contributed by atoms with E-state index in [1.165, 1.54) is 6.07 Å². The van der Waals surface area contributed by atoms with Gasteiger partial charge in [0.25, 0.3) is 0 Å². The monoisotopic (exact) mass is 307 g/mol. The van der Waals surface area contributed by atoms with E-state index in [0.29, 0.717) is 31.4 Å². The Morgan fingerprint density at radius 3 is 2.68 bits per heavy atom. The van der Waals surface area contributed by atoms with E-state index in [1.807, 2.05) is 6.92 Å². The second-order valence-electron chi connectivity index (χ2n) is 6.04. The molecule has 1 saturated heterocycles. The number of nitrogens with zero attached hydrogens (tertiary/aromatic N) is 1. The SMILES string of the molecule is CC(CCc1ccccc1F)C(=O)N1CCC(C(=O)O)C1C. The van der Waals surface area contributed by atoms with Crippen LogP contribution in [0.2, 0.25) is 0 Å². The Morgan fingerprint density at radius 1 is 1.41 bits per heavy atom. The number of hydrogen-bond acceptors (Lipinski definition) is 2. The second-order valence-corrected chi connectivity index (χ2v) is 6.04. The molecule has 0 radical (unpaired) electrons. The Labute approximate surface area is 129 Å². The van der Waals surface area contributed by atoms with E-state index in [-0.39, 0.29) is 23.7 Å². The maximum Gasteiger partial charge on any atom is 0.308 e. The molecule has 5 heteroatoms. The average Bonchev–Trinajstić information content (AvgIpc) is 2.87. The number of amides is 1. The van der Waals surface area contributed by atoms with Crippen LogP contribution in [0.15, 0.2) is 24.3 Å². The molecule has 1 amide bonds. The number of aliphatic carboxylic acids is 1. The van der Waals surface area contributed by atoms with Gasteiger partial charge in [-0.05, 0) is 37.8 Å². The van der Waals surface area contributed by atoms with Crippen molar-refractivity contribution < 1.29 is 19.1 Å². The van der Waals surface area contributed by atoms with E-state index in [1.54, 1.807) is 30.0 Å². The molecule has 0 bridgehead atoms. The summed E-state index contributed by atoms with van der Waals surface area (Å²) in [6.45, 7) is 4.10. The van der Waals surface area contributed by atoms with Crippen molar-refractivity contribution in [3.8, 4) is 0 Å². The summed E-state index contributed by atoms with van der Waals surface area (Å²) in [4.78, 5) is 25.2. The molecule has 22 heavy (non-hydrogen) atoms. The van der Waals surface area contributed by atoms with Crippen molar-refractivity contribution in [3.05, 3.63) is 35.6 Å². The largest absolute Gasteiger partial charge is 0.481 e. The summed E-state index contributed by atoms with van der Waals surface area (Å²) < 4.78 is 13.6. The minimum absolute atomic E-state index is 0.0346. The zero-order valence-corrected chi connectivity index (χ0v) is 13.0. The Hall–Kier alpha value is -1.91. The van der Waals surface area contributed by atoms with Crippen LogP contribution in [0.3, 0.4) is 0 Å². The van der Waals surface area contributed by atoms with E-state index in [2.05, 4.69) is 0 Å². The molecule has 3 atom stereocenters. The van der Waals surface area contributed by atoms with Gasteiger partial charge in [0, 0.05) is 18.5 Å². The van der Waals surface area contributed by atoms with E-state index in [0.717, 1.165) is 0 Å². The van der Waals surface area contributed by atoms with Gasteiger partial charge in [0.05, 0.1) is 5.92 Å². The molecule has 0 saturated carbocycles.